The molecule has 2 rings (SSSR count). The van der Waals surface area contributed by atoms with Gasteiger partial charge < -0.3 is 10.1 Å². The van der Waals surface area contributed by atoms with Crippen LogP contribution in [0.15, 0.2) is 24.3 Å². The molecule has 0 spiro atoms. The van der Waals surface area contributed by atoms with Crippen LogP contribution in [-0.2, 0) is 20.7 Å². The number of nitrogens with one attached hydrogen (secondary N) is 2. The van der Waals surface area contributed by atoms with Crippen molar-refractivity contribution in [3.63, 3.8) is 0 Å². The summed E-state index contributed by atoms with van der Waals surface area (Å²) in [6.07, 6.45) is 4.18. The average molecular weight is 367 g/mol. The van der Waals surface area contributed by atoms with E-state index < -0.39 is 24.0 Å². The lowest BCUT2D eigenvalue weighted by molar-refractivity contribution is -0.153. The van der Waals surface area contributed by atoms with Gasteiger partial charge in [-0.25, -0.2) is 4.79 Å². The van der Waals surface area contributed by atoms with Crippen molar-refractivity contribution in [2.45, 2.75) is 57.6 Å². The lowest BCUT2D eigenvalue weighted by Gasteiger charge is -2.23. The summed E-state index contributed by atoms with van der Waals surface area (Å²) in [5, 5.41) is 5.58. The number of urea groups is 1. The summed E-state index contributed by atoms with van der Waals surface area (Å²) in [6, 6.07) is 6.34. The predicted molar refractivity (Wildman–Crippen MR) is 94.3 cm³/mol. The number of carbonyl (C=O) groups is 3. The van der Waals surface area contributed by atoms with Crippen LogP contribution in [0.25, 0.3) is 0 Å². The lowest BCUT2D eigenvalue weighted by atomic mass is 9.96. The number of amides is 3. The molecule has 7 heteroatoms. The average Bonchev–Trinajstić information content (AvgIpc) is 2.57. The highest BCUT2D eigenvalue weighted by Crippen LogP contribution is 2.17. The van der Waals surface area contributed by atoms with Crippen LogP contribution in [0.1, 0.15) is 44.6 Å². The number of ether oxygens (including phenoxy) is 1. The molecule has 1 saturated carbocycles. The Bertz CT molecular complexity index is 612. The molecule has 6 nitrogen and oxygen atoms in total. The maximum atomic E-state index is 12.0. The number of imide groups is 1. The Morgan fingerprint density at radius 1 is 1.16 bits per heavy atom. The zero-order valence-electron chi connectivity index (χ0n) is 14.2. The molecule has 1 aliphatic carbocycles. The van der Waals surface area contributed by atoms with Crippen LogP contribution in [0.4, 0.5) is 4.79 Å². The van der Waals surface area contributed by atoms with E-state index in [4.69, 9.17) is 16.3 Å². The first-order chi connectivity index (χ1) is 11.9. The van der Waals surface area contributed by atoms with Gasteiger partial charge in [-0.2, -0.15) is 0 Å². The number of esters is 1. The van der Waals surface area contributed by atoms with Gasteiger partial charge in [-0.3, -0.25) is 14.9 Å². The first-order valence-electron chi connectivity index (χ1n) is 8.49. The molecule has 0 aliphatic heterocycles. The highest BCUT2D eigenvalue weighted by atomic mass is 35.5. The predicted octanol–water partition coefficient (Wildman–Crippen LogP) is 2.97. The second-order valence-corrected chi connectivity index (χ2v) is 6.67. The van der Waals surface area contributed by atoms with Crippen LogP contribution in [0.5, 0.6) is 0 Å². The molecular weight excluding hydrogens is 344 g/mol. The SMILES string of the molecule is C[C@@H](OC(=O)Cc1ccc(Cl)cc1)C(=O)NC(=O)NC1CCCCC1. The van der Waals surface area contributed by atoms with Crippen LogP contribution in [0.3, 0.4) is 0 Å². The first kappa shape index (κ1) is 19.2. The molecule has 3 amide bonds. The van der Waals surface area contributed by atoms with E-state index in [0.717, 1.165) is 31.2 Å². The van der Waals surface area contributed by atoms with Gasteiger partial charge in [0.15, 0.2) is 6.10 Å². The van der Waals surface area contributed by atoms with Crippen molar-refractivity contribution in [2.75, 3.05) is 0 Å². The van der Waals surface area contributed by atoms with Crippen LogP contribution < -0.4 is 10.6 Å². The van der Waals surface area contributed by atoms with E-state index >= 15 is 0 Å². The summed E-state index contributed by atoms with van der Waals surface area (Å²) >= 11 is 5.79. The Morgan fingerprint density at radius 2 is 1.80 bits per heavy atom. The smallest absolute Gasteiger partial charge is 0.321 e. The summed E-state index contributed by atoms with van der Waals surface area (Å²) in [4.78, 5) is 35.7. The number of hydrogen-bond donors (Lipinski definition) is 2. The number of carbonyl (C=O) groups excluding carboxylic acids is 3. The molecular formula is C18H23ClN2O4. The molecule has 2 N–H and O–H groups in total. The van der Waals surface area contributed by atoms with E-state index in [0.29, 0.717) is 5.02 Å². The molecule has 0 radical (unpaired) electrons. The van der Waals surface area contributed by atoms with Crippen molar-refractivity contribution in [3.05, 3.63) is 34.9 Å². The van der Waals surface area contributed by atoms with Crippen molar-refractivity contribution in [2.24, 2.45) is 0 Å². The van der Waals surface area contributed by atoms with E-state index in [-0.39, 0.29) is 12.5 Å². The molecule has 1 atom stereocenters. The monoisotopic (exact) mass is 366 g/mol. The third-order valence-corrected chi connectivity index (χ3v) is 4.37. The molecule has 0 bridgehead atoms. The molecule has 1 fully saturated rings. The van der Waals surface area contributed by atoms with Crippen LogP contribution in [0.2, 0.25) is 5.02 Å². The Morgan fingerprint density at radius 3 is 2.44 bits per heavy atom. The third kappa shape index (κ3) is 6.74. The highest BCUT2D eigenvalue weighted by molar-refractivity contribution is 6.30. The van der Waals surface area contributed by atoms with Crippen molar-refractivity contribution in [1.29, 1.82) is 0 Å². The summed E-state index contributed by atoms with van der Waals surface area (Å²) in [7, 11) is 0. The standard InChI is InChI=1S/C18H23ClN2O4/c1-12(25-16(22)11-13-7-9-14(19)10-8-13)17(23)21-18(24)20-15-5-3-2-4-6-15/h7-10,12,15H,2-6,11H2,1H3,(H2,20,21,23,24)/t12-/m1/s1. The molecule has 0 saturated heterocycles. The summed E-state index contributed by atoms with van der Waals surface area (Å²) in [5.41, 5.74) is 0.733. The van der Waals surface area contributed by atoms with E-state index in [1.54, 1.807) is 24.3 Å². The largest absolute Gasteiger partial charge is 0.452 e. The minimum absolute atomic E-state index is 0.0308. The van der Waals surface area contributed by atoms with Crippen molar-refractivity contribution < 1.29 is 19.1 Å². The topological polar surface area (TPSA) is 84.5 Å². The number of halogens is 1. The molecule has 0 unspecified atom stereocenters. The van der Waals surface area contributed by atoms with Crippen LogP contribution >= 0.6 is 11.6 Å². The first-order valence-corrected chi connectivity index (χ1v) is 8.87. The minimum atomic E-state index is -1.04. The van der Waals surface area contributed by atoms with Gasteiger partial charge in [0.1, 0.15) is 0 Å². The van der Waals surface area contributed by atoms with Gasteiger partial charge in [-0.05, 0) is 37.5 Å². The van der Waals surface area contributed by atoms with Gasteiger partial charge in [0.25, 0.3) is 5.91 Å². The fourth-order valence-electron chi connectivity index (χ4n) is 2.74. The summed E-state index contributed by atoms with van der Waals surface area (Å²) in [6.45, 7) is 1.43. The zero-order valence-corrected chi connectivity index (χ0v) is 15.0. The fraction of sp³-hybridized carbons (Fsp3) is 0.500. The van der Waals surface area contributed by atoms with Crippen LogP contribution in [0, 0.1) is 0 Å². The van der Waals surface area contributed by atoms with Crippen molar-refractivity contribution in [3.8, 4) is 0 Å². The molecule has 25 heavy (non-hydrogen) atoms. The maximum Gasteiger partial charge on any atom is 0.321 e. The van der Waals surface area contributed by atoms with E-state index in [9.17, 15) is 14.4 Å². The Labute approximate surface area is 152 Å². The second kappa shape index (κ2) is 9.42. The van der Waals surface area contributed by atoms with Gasteiger partial charge in [-0.15, -0.1) is 0 Å². The summed E-state index contributed by atoms with van der Waals surface area (Å²) < 4.78 is 5.07. The van der Waals surface area contributed by atoms with E-state index in [1.165, 1.54) is 13.3 Å². The van der Waals surface area contributed by atoms with Gasteiger partial charge in [-0.1, -0.05) is 43.0 Å². The highest BCUT2D eigenvalue weighted by Gasteiger charge is 2.22. The third-order valence-electron chi connectivity index (χ3n) is 4.12. The molecule has 1 aromatic carbocycles. The van der Waals surface area contributed by atoms with Crippen LogP contribution in [-0.4, -0.2) is 30.1 Å². The number of rotatable bonds is 5. The normalized spacial score (nSPS) is 15.9. The molecule has 1 aliphatic rings. The molecule has 1 aromatic rings. The second-order valence-electron chi connectivity index (χ2n) is 6.23. The van der Waals surface area contributed by atoms with Gasteiger partial charge in [0, 0.05) is 11.1 Å². The summed E-state index contributed by atoms with van der Waals surface area (Å²) in [5.74, 6) is -1.18. The molecule has 0 aromatic heterocycles. The Kier molecular flexibility index (Phi) is 7.25. The van der Waals surface area contributed by atoms with Crippen molar-refractivity contribution in [1.82, 2.24) is 10.6 Å². The number of hydrogen-bond acceptors (Lipinski definition) is 4. The molecule has 136 valence electrons. The quantitative estimate of drug-likeness (QED) is 0.784. The lowest BCUT2D eigenvalue weighted by Crippen LogP contribution is -2.48. The minimum Gasteiger partial charge on any atom is -0.452 e. The maximum absolute atomic E-state index is 12.0. The van der Waals surface area contributed by atoms with Gasteiger partial charge in [0.2, 0.25) is 0 Å². The fourth-order valence-corrected chi connectivity index (χ4v) is 2.87. The van der Waals surface area contributed by atoms with E-state index in [2.05, 4.69) is 10.6 Å². The van der Waals surface area contributed by atoms with Gasteiger partial charge >= 0.3 is 12.0 Å². The number of benzene rings is 1. The van der Waals surface area contributed by atoms with E-state index in [1.807, 2.05) is 0 Å². The Hall–Kier alpha value is -2.08. The Balaban J connectivity index is 1.73. The van der Waals surface area contributed by atoms with Crippen molar-refractivity contribution >= 4 is 29.5 Å². The molecule has 0 heterocycles. The zero-order chi connectivity index (χ0) is 18.2. The van der Waals surface area contributed by atoms with Gasteiger partial charge in [0.05, 0.1) is 6.42 Å².